The lowest BCUT2D eigenvalue weighted by molar-refractivity contribution is -0.274. The minimum absolute atomic E-state index is 0.0326. The van der Waals surface area contributed by atoms with Gasteiger partial charge in [-0.25, -0.2) is 9.19 Å². The van der Waals surface area contributed by atoms with E-state index in [4.69, 9.17) is 14.2 Å². The Morgan fingerprint density at radius 2 is 1.88 bits per heavy atom. The Morgan fingerprint density at radius 1 is 1.14 bits per heavy atom. The lowest BCUT2D eigenvalue weighted by atomic mass is 10.00. The lowest BCUT2D eigenvalue weighted by Gasteiger charge is -2.38. The van der Waals surface area contributed by atoms with Crippen molar-refractivity contribution in [2.24, 2.45) is 0 Å². The normalized spacial score (nSPS) is 23.1. The number of rotatable bonds is 8. The molecule has 0 amide bonds. The van der Waals surface area contributed by atoms with Crippen LogP contribution in [0, 0.1) is 6.92 Å². The quantitative estimate of drug-likeness (QED) is 0.205. The van der Waals surface area contributed by atoms with Crippen LogP contribution in [-0.4, -0.2) is 43.5 Å². The van der Waals surface area contributed by atoms with Crippen molar-refractivity contribution in [1.82, 2.24) is 10.1 Å². The summed E-state index contributed by atoms with van der Waals surface area (Å²) in [4.78, 5) is 7.67. The van der Waals surface area contributed by atoms with Gasteiger partial charge in [0.2, 0.25) is 0 Å². The van der Waals surface area contributed by atoms with Crippen LogP contribution in [0.1, 0.15) is 61.3 Å². The molecule has 1 aliphatic carbocycles. The third kappa shape index (κ3) is 5.31. The summed E-state index contributed by atoms with van der Waals surface area (Å²) in [7, 11) is 0. The van der Waals surface area contributed by atoms with Gasteiger partial charge < -0.3 is 23.4 Å². The van der Waals surface area contributed by atoms with Gasteiger partial charge in [0.25, 0.3) is 0 Å². The first-order chi connectivity index (χ1) is 20.1. The number of aryl methyl sites for hydroxylation is 1. The zero-order chi connectivity index (χ0) is 29.2. The zero-order valence-corrected chi connectivity index (χ0v) is 24.2. The van der Waals surface area contributed by atoms with Crippen LogP contribution in [0.15, 0.2) is 45.8 Å². The number of alkyl halides is 3. The number of hydrogen-bond donors (Lipinski definition) is 1. The van der Waals surface area contributed by atoms with E-state index >= 15 is 0 Å². The maximum Gasteiger partial charge on any atom is 0.573 e. The van der Waals surface area contributed by atoms with Gasteiger partial charge >= 0.3 is 6.36 Å². The van der Waals surface area contributed by atoms with Crippen LogP contribution < -0.4 is 9.64 Å². The highest BCUT2D eigenvalue weighted by Gasteiger charge is 2.43. The standard InChI is InChI=1S/C29H28F3N3O5S2/c1-15-10-20(42(36)37)13-24-25(15)33-28(41-24)35-17-8-9-18(35)12-19(11-17)38-14-22-26(34-40-27(22)16-6-7-16)21-4-2-3-5-23(21)39-29(30,31)32/h2-5,10,13,16-19H,6-9,11-12,14H2,1H3,(H,36,37)/t17-,18+,19?. The molecule has 3 fully saturated rings. The van der Waals surface area contributed by atoms with Crippen LogP contribution in [0.2, 0.25) is 0 Å². The fourth-order valence-electron chi connectivity index (χ4n) is 6.36. The topological polar surface area (TPSA) is 97.9 Å². The molecular weight excluding hydrogens is 591 g/mol. The second-order valence-electron chi connectivity index (χ2n) is 11.2. The van der Waals surface area contributed by atoms with Crippen LogP contribution in [0.25, 0.3) is 21.5 Å². The van der Waals surface area contributed by atoms with Gasteiger partial charge in [-0.05, 0) is 75.3 Å². The van der Waals surface area contributed by atoms with Gasteiger partial charge in [-0.3, -0.25) is 0 Å². The number of benzene rings is 2. The number of fused-ring (bicyclic) bond motifs is 3. The highest BCUT2D eigenvalue weighted by atomic mass is 32.2. The molecule has 2 aliphatic heterocycles. The summed E-state index contributed by atoms with van der Waals surface area (Å²) in [6.07, 6.45) is 0.651. The molecule has 1 saturated carbocycles. The summed E-state index contributed by atoms with van der Waals surface area (Å²) < 4.78 is 77.9. The maximum absolute atomic E-state index is 13.1. The monoisotopic (exact) mass is 619 g/mol. The fourth-order valence-corrected chi connectivity index (χ4v) is 8.15. The van der Waals surface area contributed by atoms with Gasteiger partial charge in [-0.2, -0.15) is 0 Å². The molecule has 0 radical (unpaired) electrons. The predicted octanol–water partition coefficient (Wildman–Crippen LogP) is 7.33. The van der Waals surface area contributed by atoms with E-state index in [1.807, 2.05) is 6.92 Å². The van der Waals surface area contributed by atoms with Crippen LogP contribution in [0.4, 0.5) is 18.3 Å². The Labute approximate surface area is 246 Å². The molecule has 222 valence electrons. The van der Waals surface area contributed by atoms with Crippen LogP contribution in [0.5, 0.6) is 5.75 Å². The van der Waals surface area contributed by atoms with E-state index in [2.05, 4.69) is 14.8 Å². The van der Waals surface area contributed by atoms with Crippen molar-refractivity contribution in [3.63, 3.8) is 0 Å². The smallest absolute Gasteiger partial charge is 0.405 e. The van der Waals surface area contributed by atoms with Crippen LogP contribution >= 0.6 is 11.3 Å². The van der Waals surface area contributed by atoms with Gasteiger partial charge in [0, 0.05) is 29.1 Å². The first kappa shape index (κ1) is 27.8. The van der Waals surface area contributed by atoms with Crippen molar-refractivity contribution >= 4 is 37.8 Å². The van der Waals surface area contributed by atoms with Gasteiger partial charge in [-0.1, -0.05) is 28.6 Å². The highest BCUT2D eigenvalue weighted by Crippen LogP contribution is 2.47. The third-order valence-electron chi connectivity index (χ3n) is 8.36. The van der Waals surface area contributed by atoms with E-state index in [-0.39, 0.29) is 42.0 Å². The summed E-state index contributed by atoms with van der Waals surface area (Å²) in [5, 5.41) is 5.10. The van der Waals surface area contributed by atoms with E-state index in [9.17, 15) is 21.9 Å². The SMILES string of the molecule is Cc1cc(S(=O)O)cc2sc(N3[C@@H]4CC[C@H]3CC(OCc3c(-c5ccccc5OC(F)(F)F)noc3C3CC3)C4)nc12. The molecule has 2 aromatic heterocycles. The molecule has 0 spiro atoms. The number of halogens is 3. The van der Waals surface area contributed by atoms with Crippen molar-refractivity contribution in [2.45, 2.75) is 87.4 Å². The zero-order valence-electron chi connectivity index (χ0n) is 22.6. The van der Waals surface area contributed by atoms with Gasteiger partial charge in [0.15, 0.2) is 16.2 Å². The Bertz CT molecular complexity index is 1650. The lowest BCUT2D eigenvalue weighted by Crippen LogP contribution is -2.45. The maximum atomic E-state index is 13.1. The van der Waals surface area contributed by atoms with E-state index in [1.54, 1.807) is 35.6 Å². The molecule has 2 saturated heterocycles. The number of nitrogens with zero attached hydrogens (tertiary/aromatic N) is 3. The fraction of sp³-hybridized carbons (Fsp3) is 0.448. The van der Waals surface area contributed by atoms with Crippen molar-refractivity contribution in [1.29, 1.82) is 0 Å². The molecule has 2 aromatic carbocycles. The molecule has 3 aliphatic rings. The Balaban J connectivity index is 1.10. The van der Waals surface area contributed by atoms with Crippen molar-refractivity contribution in [3.05, 3.63) is 53.3 Å². The molecule has 8 nitrogen and oxygen atoms in total. The van der Waals surface area contributed by atoms with Gasteiger partial charge in [0.05, 0.1) is 27.8 Å². The largest absolute Gasteiger partial charge is 0.573 e. The van der Waals surface area contributed by atoms with E-state index < -0.39 is 17.4 Å². The average molecular weight is 620 g/mol. The molecule has 2 unspecified atom stereocenters. The third-order valence-corrected chi connectivity index (χ3v) is 10.0. The molecule has 2 bridgehead atoms. The molecule has 1 N–H and O–H groups in total. The minimum Gasteiger partial charge on any atom is -0.405 e. The van der Waals surface area contributed by atoms with Gasteiger partial charge in [-0.15, -0.1) is 13.2 Å². The number of anilines is 1. The number of thiazole rings is 1. The number of piperidine rings is 1. The highest BCUT2D eigenvalue weighted by molar-refractivity contribution is 7.79. The molecular formula is C29H28F3N3O5S2. The van der Waals surface area contributed by atoms with Crippen molar-refractivity contribution in [3.8, 4) is 17.0 Å². The average Bonchev–Trinajstić information content (AvgIpc) is 3.45. The summed E-state index contributed by atoms with van der Waals surface area (Å²) in [6.45, 7) is 2.09. The summed E-state index contributed by atoms with van der Waals surface area (Å²) >= 11 is -0.511. The Kier molecular flexibility index (Phi) is 7.03. The minimum atomic E-state index is -4.83. The van der Waals surface area contributed by atoms with Crippen molar-refractivity contribution in [2.75, 3.05) is 4.90 Å². The second kappa shape index (κ2) is 10.6. The summed E-state index contributed by atoms with van der Waals surface area (Å²) in [6, 6.07) is 9.90. The summed E-state index contributed by atoms with van der Waals surface area (Å²) in [5.74, 6) is 0.557. The molecule has 13 heteroatoms. The second-order valence-corrected chi connectivity index (χ2v) is 13.2. The number of ether oxygens (including phenoxy) is 2. The van der Waals surface area contributed by atoms with E-state index in [1.165, 1.54) is 12.1 Å². The number of hydrogen-bond acceptors (Lipinski definition) is 8. The van der Waals surface area contributed by atoms with Gasteiger partial charge in [0.1, 0.15) is 17.2 Å². The molecule has 7 rings (SSSR count). The number of aromatic nitrogens is 2. The van der Waals surface area contributed by atoms with E-state index in [0.29, 0.717) is 21.9 Å². The first-order valence-electron chi connectivity index (χ1n) is 13.9. The van der Waals surface area contributed by atoms with Crippen molar-refractivity contribution < 1.29 is 35.9 Å². The Morgan fingerprint density at radius 3 is 2.57 bits per heavy atom. The molecule has 4 heterocycles. The van der Waals surface area contributed by atoms with Crippen LogP contribution in [0.3, 0.4) is 0 Å². The molecule has 42 heavy (non-hydrogen) atoms. The molecule has 4 atom stereocenters. The Hall–Kier alpha value is -3.00. The van der Waals surface area contributed by atoms with E-state index in [0.717, 1.165) is 59.4 Å². The number of para-hydroxylation sites is 1. The summed E-state index contributed by atoms with van der Waals surface area (Å²) in [5.41, 5.74) is 2.95. The predicted molar refractivity (Wildman–Crippen MR) is 151 cm³/mol. The first-order valence-corrected chi connectivity index (χ1v) is 15.8. The van der Waals surface area contributed by atoms with Crippen LogP contribution in [-0.2, 0) is 22.4 Å². The molecule has 4 aromatic rings.